The standard InChI is InChI=1S/C15H11F2NO2S3/c1-8-18-14(7-22-8)11-6-21-5-10(11)9-3-12(16)15(13(17)4-9)23(2,19)20/h3-7H,1-2H3. The smallest absolute Gasteiger partial charge is 0.181 e. The van der Waals surface area contributed by atoms with Gasteiger partial charge < -0.3 is 0 Å². The number of aromatic nitrogens is 1. The number of rotatable bonds is 3. The molecule has 0 N–H and O–H groups in total. The van der Waals surface area contributed by atoms with Gasteiger partial charge in [0.2, 0.25) is 0 Å². The van der Waals surface area contributed by atoms with Crippen molar-refractivity contribution in [1.82, 2.24) is 4.98 Å². The van der Waals surface area contributed by atoms with Crippen molar-refractivity contribution in [2.45, 2.75) is 11.8 Å². The number of thiophene rings is 1. The summed E-state index contributed by atoms with van der Waals surface area (Å²) in [7, 11) is -3.97. The predicted molar refractivity (Wildman–Crippen MR) is 88.6 cm³/mol. The van der Waals surface area contributed by atoms with E-state index in [9.17, 15) is 17.2 Å². The molecule has 0 saturated heterocycles. The lowest BCUT2D eigenvalue weighted by atomic mass is 10.0. The van der Waals surface area contributed by atoms with Gasteiger partial charge in [0.05, 0.1) is 10.7 Å². The number of hydrogen-bond acceptors (Lipinski definition) is 5. The van der Waals surface area contributed by atoms with Crippen molar-refractivity contribution in [1.29, 1.82) is 0 Å². The third-order valence-corrected chi connectivity index (χ3v) is 5.89. The molecule has 0 bridgehead atoms. The Labute approximate surface area is 140 Å². The zero-order chi connectivity index (χ0) is 16.8. The first-order valence-electron chi connectivity index (χ1n) is 6.45. The molecule has 0 amide bonds. The lowest BCUT2D eigenvalue weighted by molar-refractivity contribution is 0.522. The Morgan fingerprint density at radius 3 is 2.17 bits per heavy atom. The first kappa shape index (κ1) is 16.2. The highest BCUT2D eigenvalue weighted by Crippen LogP contribution is 2.37. The van der Waals surface area contributed by atoms with Gasteiger partial charge in [0.1, 0.15) is 16.5 Å². The first-order chi connectivity index (χ1) is 10.8. The molecule has 0 aliphatic rings. The predicted octanol–water partition coefficient (Wildman–Crippen LogP) is 4.53. The van der Waals surface area contributed by atoms with Gasteiger partial charge in [-0.05, 0) is 30.0 Å². The van der Waals surface area contributed by atoms with Crippen molar-refractivity contribution in [2.24, 2.45) is 0 Å². The summed E-state index contributed by atoms with van der Waals surface area (Å²) in [6.07, 6.45) is 0.780. The van der Waals surface area contributed by atoms with Crippen LogP contribution in [0.4, 0.5) is 8.78 Å². The second-order valence-corrected chi connectivity index (χ2v) is 8.75. The van der Waals surface area contributed by atoms with E-state index in [4.69, 9.17) is 0 Å². The Kier molecular flexibility index (Phi) is 4.07. The fraction of sp³-hybridized carbons (Fsp3) is 0.133. The molecule has 3 rings (SSSR count). The van der Waals surface area contributed by atoms with Crippen molar-refractivity contribution in [3.05, 3.63) is 44.9 Å². The van der Waals surface area contributed by atoms with Crippen LogP contribution in [0, 0.1) is 18.6 Å². The third kappa shape index (κ3) is 3.06. The van der Waals surface area contributed by atoms with Crippen LogP contribution in [0.25, 0.3) is 22.4 Å². The van der Waals surface area contributed by atoms with E-state index in [-0.39, 0.29) is 5.56 Å². The molecular weight excluding hydrogens is 360 g/mol. The Balaban J connectivity index is 2.17. The minimum Gasteiger partial charge on any atom is -0.241 e. The van der Waals surface area contributed by atoms with E-state index in [0.29, 0.717) is 5.56 Å². The average Bonchev–Trinajstić information content (AvgIpc) is 3.03. The first-order valence-corrected chi connectivity index (χ1v) is 10.2. The molecule has 0 unspecified atom stereocenters. The summed E-state index contributed by atoms with van der Waals surface area (Å²) in [6, 6.07) is 2.09. The Morgan fingerprint density at radius 2 is 1.65 bits per heavy atom. The third-order valence-electron chi connectivity index (χ3n) is 3.24. The molecule has 0 atom stereocenters. The van der Waals surface area contributed by atoms with Crippen LogP contribution in [0.3, 0.4) is 0 Å². The van der Waals surface area contributed by atoms with Crippen LogP contribution in [0.5, 0.6) is 0 Å². The minimum atomic E-state index is -3.97. The van der Waals surface area contributed by atoms with Crippen LogP contribution in [0.1, 0.15) is 5.01 Å². The normalized spacial score (nSPS) is 11.8. The lowest BCUT2D eigenvalue weighted by Gasteiger charge is -2.07. The fourth-order valence-electron chi connectivity index (χ4n) is 2.28. The summed E-state index contributed by atoms with van der Waals surface area (Å²) in [4.78, 5) is 3.48. The molecule has 0 aliphatic heterocycles. The number of aryl methyl sites for hydroxylation is 1. The summed E-state index contributed by atoms with van der Waals surface area (Å²) in [5, 5.41) is 6.38. The highest BCUT2D eigenvalue weighted by molar-refractivity contribution is 7.90. The van der Waals surface area contributed by atoms with E-state index in [2.05, 4.69) is 4.98 Å². The van der Waals surface area contributed by atoms with Crippen LogP contribution >= 0.6 is 22.7 Å². The molecule has 3 nitrogen and oxygen atoms in total. The van der Waals surface area contributed by atoms with Gasteiger partial charge in [-0.25, -0.2) is 22.2 Å². The van der Waals surface area contributed by atoms with E-state index in [1.807, 2.05) is 17.7 Å². The summed E-state index contributed by atoms with van der Waals surface area (Å²) in [5.41, 5.74) is 2.41. The SMILES string of the molecule is Cc1nc(-c2cscc2-c2cc(F)c(S(C)(=O)=O)c(F)c2)cs1. The maximum Gasteiger partial charge on any atom is 0.181 e. The number of sulfone groups is 1. The van der Waals surface area contributed by atoms with Crippen LogP contribution in [-0.4, -0.2) is 19.7 Å². The molecule has 120 valence electrons. The summed E-state index contributed by atoms with van der Waals surface area (Å²) in [5.74, 6) is -2.18. The highest BCUT2D eigenvalue weighted by Gasteiger charge is 2.22. The number of benzene rings is 1. The molecule has 0 aliphatic carbocycles. The van der Waals surface area contributed by atoms with Gasteiger partial charge in [-0.2, -0.15) is 11.3 Å². The molecule has 3 aromatic rings. The monoisotopic (exact) mass is 371 g/mol. The van der Waals surface area contributed by atoms with Gasteiger partial charge >= 0.3 is 0 Å². The fourth-order valence-corrected chi connectivity index (χ4v) is 4.57. The largest absolute Gasteiger partial charge is 0.241 e. The molecule has 8 heteroatoms. The zero-order valence-electron chi connectivity index (χ0n) is 12.1. The Hall–Kier alpha value is -1.64. The van der Waals surface area contributed by atoms with E-state index < -0.39 is 26.4 Å². The number of halogens is 2. The summed E-state index contributed by atoms with van der Waals surface area (Å²) in [6.45, 7) is 1.88. The zero-order valence-corrected chi connectivity index (χ0v) is 14.6. The van der Waals surface area contributed by atoms with Crippen molar-refractivity contribution in [2.75, 3.05) is 6.26 Å². The Bertz CT molecular complexity index is 967. The van der Waals surface area contributed by atoms with Gasteiger partial charge in [0.25, 0.3) is 0 Å². The molecule has 0 spiro atoms. The van der Waals surface area contributed by atoms with Crippen molar-refractivity contribution in [3.63, 3.8) is 0 Å². The van der Waals surface area contributed by atoms with Gasteiger partial charge in [0.15, 0.2) is 9.84 Å². The van der Waals surface area contributed by atoms with E-state index in [0.717, 1.165) is 34.7 Å². The summed E-state index contributed by atoms with van der Waals surface area (Å²) < 4.78 is 51.2. The van der Waals surface area contributed by atoms with Crippen molar-refractivity contribution in [3.8, 4) is 22.4 Å². The molecule has 0 fully saturated rings. The van der Waals surface area contributed by atoms with Gasteiger partial charge in [-0.3, -0.25) is 0 Å². The van der Waals surface area contributed by atoms with E-state index in [1.165, 1.54) is 22.7 Å². The molecule has 2 aromatic heterocycles. The lowest BCUT2D eigenvalue weighted by Crippen LogP contribution is -2.04. The number of nitrogens with zero attached hydrogens (tertiary/aromatic N) is 1. The summed E-state index contributed by atoms with van der Waals surface area (Å²) >= 11 is 2.87. The average molecular weight is 371 g/mol. The van der Waals surface area contributed by atoms with Crippen LogP contribution in [0.2, 0.25) is 0 Å². The maximum absolute atomic E-state index is 14.1. The molecule has 23 heavy (non-hydrogen) atoms. The highest BCUT2D eigenvalue weighted by atomic mass is 32.2. The van der Waals surface area contributed by atoms with Gasteiger partial charge in [-0.1, -0.05) is 0 Å². The van der Waals surface area contributed by atoms with Gasteiger partial charge in [-0.15, -0.1) is 11.3 Å². The molecule has 0 radical (unpaired) electrons. The quantitative estimate of drug-likeness (QED) is 0.680. The van der Waals surface area contributed by atoms with E-state index >= 15 is 0 Å². The second kappa shape index (κ2) is 5.77. The number of hydrogen-bond donors (Lipinski definition) is 0. The minimum absolute atomic E-state index is 0.286. The maximum atomic E-state index is 14.1. The molecular formula is C15H11F2NO2S3. The van der Waals surface area contributed by atoms with Crippen molar-refractivity contribution < 1.29 is 17.2 Å². The molecule has 1 aromatic carbocycles. The van der Waals surface area contributed by atoms with Crippen LogP contribution < -0.4 is 0 Å². The number of thiazole rings is 1. The van der Waals surface area contributed by atoms with Crippen LogP contribution in [-0.2, 0) is 9.84 Å². The molecule has 2 heterocycles. The topological polar surface area (TPSA) is 47.0 Å². The van der Waals surface area contributed by atoms with Crippen LogP contribution in [0.15, 0.2) is 33.2 Å². The van der Waals surface area contributed by atoms with E-state index in [1.54, 1.807) is 5.38 Å². The van der Waals surface area contributed by atoms with Crippen molar-refractivity contribution >= 4 is 32.5 Å². The Morgan fingerprint density at radius 1 is 1.04 bits per heavy atom. The van der Waals surface area contributed by atoms with Gasteiger partial charge in [0, 0.05) is 28.1 Å². The second-order valence-electron chi connectivity index (χ2n) is 4.99. The molecule has 0 saturated carbocycles.